The number of benzene rings is 1. The second-order valence-electron chi connectivity index (χ2n) is 3.85. The first-order valence-corrected chi connectivity index (χ1v) is 6.23. The highest BCUT2D eigenvalue weighted by atomic mass is 79.9. The van der Waals surface area contributed by atoms with Gasteiger partial charge in [0.05, 0.1) is 16.8 Å². The number of anilines is 2. The number of nitro benzene ring substituents is 1. The molecule has 3 N–H and O–H groups in total. The highest BCUT2D eigenvalue weighted by Crippen LogP contribution is 2.28. The first kappa shape index (κ1) is 13.9. The Hall–Kier alpha value is -2.48. The number of pyridine rings is 1. The number of rotatable bonds is 3. The fourth-order valence-electron chi connectivity index (χ4n) is 1.49. The Bertz CT molecular complexity index is 673. The van der Waals surface area contributed by atoms with Gasteiger partial charge < -0.3 is 11.1 Å². The Morgan fingerprint density at radius 3 is 2.70 bits per heavy atom. The van der Waals surface area contributed by atoms with E-state index in [-0.39, 0.29) is 17.1 Å². The second-order valence-corrected chi connectivity index (χ2v) is 4.77. The molecule has 7 nitrogen and oxygen atoms in total. The molecule has 0 spiro atoms. The molecule has 1 aromatic carbocycles. The van der Waals surface area contributed by atoms with Crippen molar-refractivity contribution in [1.82, 2.24) is 4.98 Å². The van der Waals surface area contributed by atoms with Gasteiger partial charge in [-0.25, -0.2) is 4.98 Å². The van der Waals surface area contributed by atoms with Crippen molar-refractivity contribution in [2.75, 3.05) is 11.1 Å². The van der Waals surface area contributed by atoms with Crippen LogP contribution in [0.5, 0.6) is 0 Å². The van der Waals surface area contributed by atoms with Crippen LogP contribution < -0.4 is 11.1 Å². The van der Waals surface area contributed by atoms with Gasteiger partial charge in [0.1, 0.15) is 11.4 Å². The number of nitrogens with zero attached hydrogens (tertiary/aromatic N) is 2. The van der Waals surface area contributed by atoms with Crippen molar-refractivity contribution in [1.29, 1.82) is 0 Å². The van der Waals surface area contributed by atoms with Crippen molar-refractivity contribution in [2.45, 2.75) is 0 Å². The number of amides is 1. The van der Waals surface area contributed by atoms with Gasteiger partial charge >= 0.3 is 0 Å². The van der Waals surface area contributed by atoms with Crippen molar-refractivity contribution in [3.63, 3.8) is 0 Å². The molecular weight excluding hydrogens is 328 g/mol. The molecule has 1 heterocycles. The molecule has 0 saturated carbocycles. The van der Waals surface area contributed by atoms with Crippen molar-refractivity contribution in [3.05, 3.63) is 56.8 Å². The van der Waals surface area contributed by atoms with E-state index in [1.165, 1.54) is 30.5 Å². The second kappa shape index (κ2) is 5.66. The number of hydrogen-bond acceptors (Lipinski definition) is 5. The standard InChI is InChI=1S/C12H9BrN4O3/c13-7-1-3-9(11(5-7)17(19)20)16-12(18)10-4-2-8(14)6-15-10/h1-6H,14H2,(H,16,18). The molecule has 0 fully saturated rings. The van der Waals surface area contributed by atoms with Gasteiger partial charge in [0.25, 0.3) is 11.6 Å². The molecule has 1 amide bonds. The first-order chi connectivity index (χ1) is 9.47. The molecule has 0 atom stereocenters. The Kier molecular flexibility index (Phi) is 3.94. The van der Waals surface area contributed by atoms with Crippen molar-refractivity contribution < 1.29 is 9.72 Å². The van der Waals surface area contributed by atoms with E-state index in [4.69, 9.17) is 5.73 Å². The molecular formula is C12H9BrN4O3. The number of carbonyl (C=O) groups is 1. The third-order valence-corrected chi connectivity index (χ3v) is 2.92. The van der Waals surface area contributed by atoms with Crippen LogP contribution >= 0.6 is 15.9 Å². The topological polar surface area (TPSA) is 111 Å². The highest BCUT2D eigenvalue weighted by Gasteiger charge is 2.17. The van der Waals surface area contributed by atoms with Crippen LogP contribution in [0.4, 0.5) is 17.1 Å². The van der Waals surface area contributed by atoms with Crippen LogP contribution in [0.15, 0.2) is 41.0 Å². The first-order valence-electron chi connectivity index (χ1n) is 5.44. The van der Waals surface area contributed by atoms with Gasteiger partial charge in [0.15, 0.2) is 0 Å². The van der Waals surface area contributed by atoms with E-state index in [0.717, 1.165) is 0 Å². The van der Waals surface area contributed by atoms with Gasteiger partial charge in [0.2, 0.25) is 0 Å². The van der Waals surface area contributed by atoms with Gasteiger partial charge in [-0.2, -0.15) is 0 Å². The summed E-state index contributed by atoms with van der Waals surface area (Å²) in [4.78, 5) is 26.2. The maximum absolute atomic E-state index is 11.9. The van der Waals surface area contributed by atoms with Crippen molar-refractivity contribution in [2.24, 2.45) is 0 Å². The Morgan fingerprint density at radius 1 is 1.35 bits per heavy atom. The normalized spacial score (nSPS) is 10.1. The molecule has 0 bridgehead atoms. The Balaban J connectivity index is 2.28. The lowest BCUT2D eigenvalue weighted by Gasteiger charge is -2.06. The van der Waals surface area contributed by atoms with Crippen LogP contribution in [0.25, 0.3) is 0 Å². The molecule has 0 aliphatic heterocycles. The maximum Gasteiger partial charge on any atom is 0.293 e. The lowest BCUT2D eigenvalue weighted by molar-refractivity contribution is -0.384. The fourth-order valence-corrected chi connectivity index (χ4v) is 1.84. The van der Waals surface area contributed by atoms with E-state index < -0.39 is 10.8 Å². The Labute approximate surface area is 122 Å². The summed E-state index contributed by atoms with van der Waals surface area (Å²) in [6, 6.07) is 7.32. The van der Waals surface area contributed by atoms with Crippen LogP contribution in [0.2, 0.25) is 0 Å². The summed E-state index contributed by atoms with van der Waals surface area (Å²) in [5.41, 5.74) is 5.91. The molecule has 20 heavy (non-hydrogen) atoms. The highest BCUT2D eigenvalue weighted by molar-refractivity contribution is 9.10. The number of hydrogen-bond donors (Lipinski definition) is 2. The summed E-state index contributed by atoms with van der Waals surface area (Å²) in [5.74, 6) is -0.546. The molecule has 0 radical (unpaired) electrons. The third-order valence-electron chi connectivity index (χ3n) is 2.42. The maximum atomic E-state index is 11.9. The number of aromatic nitrogens is 1. The molecule has 0 saturated heterocycles. The van der Waals surface area contributed by atoms with Crippen LogP contribution in [0.3, 0.4) is 0 Å². The van der Waals surface area contributed by atoms with Gasteiger partial charge in [-0.15, -0.1) is 0 Å². The van der Waals surface area contributed by atoms with Crippen molar-refractivity contribution in [3.8, 4) is 0 Å². The van der Waals surface area contributed by atoms with Crippen LogP contribution in [-0.4, -0.2) is 15.8 Å². The average Bonchev–Trinajstić information content (AvgIpc) is 2.41. The predicted octanol–water partition coefficient (Wildman–Crippen LogP) is 2.59. The zero-order valence-corrected chi connectivity index (χ0v) is 11.6. The third kappa shape index (κ3) is 3.09. The van der Waals surface area contributed by atoms with E-state index in [1.54, 1.807) is 6.07 Å². The summed E-state index contributed by atoms with van der Waals surface area (Å²) >= 11 is 3.14. The van der Waals surface area contributed by atoms with E-state index >= 15 is 0 Å². The minimum Gasteiger partial charge on any atom is -0.397 e. The monoisotopic (exact) mass is 336 g/mol. The van der Waals surface area contributed by atoms with Gasteiger partial charge in [-0.1, -0.05) is 15.9 Å². The van der Waals surface area contributed by atoms with Gasteiger partial charge in [-0.05, 0) is 24.3 Å². The molecule has 0 unspecified atom stereocenters. The zero-order chi connectivity index (χ0) is 14.7. The number of nitrogens with one attached hydrogen (secondary N) is 1. The van der Waals surface area contributed by atoms with E-state index in [2.05, 4.69) is 26.2 Å². The number of halogens is 1. The van der Waals surface area contributed by atoms with E-state index in [9.17, 15) is 14.9 Å². The van der Waals surface area contributed by atoms with Crippen LogP contribution in [0.1, 0.15) is 10.5 Å². The number of nitrogens with two attached hydrogens (primary N) is 1. The minimum absolute atomic E-state index is 0.0989. The molecule has 0 aliphatic rings. The molecule has 102 valence electrons. The zero-order valence-electron chi connectivity index (χ0n) is 10.0. The lowest BCUT2D eigenvalue weighted by Crippen LogP contribution is -2.14. The summed E-state index contributed by atoms with van der Waals surface area (Å²) in [6.45, 7) is 0. The van der Waals surface area contributed by atoms with Crippen LogP contribution in [-0.2, 0) is 0 Å². The average molecular weight is 337 g/mol. The number of carbonyl (C=O) groups excluding carboxylic acids is 1. The Morgan fingerprint density at radius 2 is 2.10 bits per heavy atom. The number of nitrogen functional groups attached to an aromatic ring is 1. The molecule has 1 aromatic heterocycles. The molecule has 2 rings (SSSR count). The predicted molar refractivity (Wildman–Crippen MR) is 77.4 cm³/mol. The van der Waals surface area contributed by atoms with Gasteiger partial charge in [0, 0.05) is 10.5 Å². The largest absolute Gasteiger partial charge is 0.397 e. The SMILES string of the molecule is Nc1ccc(C(=O)Nc2ccc(Br)cc2[N+](=O)[O-])nc1. The molecule has 2 aromatic rings. The number of nitro groups is 1. The van der Waals surface area contributed by atoms with Crippen LogP contribution in [0, 0.1) is 10.1 Å². The summed E-state index contributed by atoms with van der Waals surface area (Å²) < 4.78 is 0.549. The molecule has 8 heteroatoms. The van der Waals surface area contributed by atoms with Gasteiger partial charge in [-0.3, -0.25) is 14.9 Å². The minimum atomic E-state index is -0.573. The quantitative estimate of drug-likeness (QED) is 0.660. The summed E-state index contributed by atoms with van der Waals surface area (Å²) in [6.07, 6.45) is 1.34. The fraction of sp³-hybridized carbons (Fsp3) is 0. The lowest BCUT2D eigenvalue weighted by atomic mass is 10.2. The smallest absolute Gasteiger partial charge is 0.293 e. The van der Waals surface area contributed by atoms with Crippen molar-refractivity contribution >= 4 is 38.9 Å². The molecule has 0 aliphatic carbocycles. The van der Waals surface area contributed by atoms with E-state index in [0.29, 0.717) is 10.2 Å². The summed E-state index contributed by atoms with van der Waals surface area (Å²) in [7, 11) is 0. The van der Waals surface area contributed by atoms with E-state index in [1.807, 2.05) is 0 Å². The summed E-state index contributed by atoms with van der Waals surface area (Å²) in [5, 5.41) is 13.4.